The molecule has 0 bridgehead atoms. The molecule has 164 valence electrons. The second-order valence-electron chi connectivity index (χ2n) is 7.96. The standard InChI is InChI=1S/C23H23FN6O2/c24-18-7-9-19(10-8-18)27-12-14-28(15-13-27)22-21(30(31)32)23(26-16-25-22)29-11-3-5-17-4-1-2-6-20(17)29/h1-2,4,6-10,16H,3,5,11-15H2. The van der Waals surface area contributed by atoms with Gasteiger partial charge in [-0.15, -0.1) is 0 Å². The normalized spacial score (nSPS) is 16.1. The van der Waals surface area contributed by atoms with E-state index in [9.17, 15) is 14.5 Å². The van der Waals surface area contributed by atoms with Crippen molar-refractivity contribution in [1.29, 1.82) is 0 Å². The molecule has 2 aliphatic rings. The van der Waals surface area contributed by atoms with Crippen molar-refractivity contribution in [2.45, 2.75) is 12.8 Å². The number of piperazine rings is 1. The summed E-state index contributed by atoms with van der Waals surface area (Å²) in [6, 6.07) is 14.4. The first-order valence-corrected chi connectivity index (χ1v) is 10.7. The maximum atomic E-state index is 13.2. The number of aromatic nitrogens is 2. The Morgan fingerprint density at radius 1 is 0.875 bits per heavy atom. The first-order chi connectivity index (χ1) is 15.6. The Balaban J connectivity index is 1.44. The highest BCUT2D eigenvalue weighted by Crippen LogP contribution is 2.40. The molecule has 1 saturated heterocycles. The summed E-state index contributed by atoms with van der Waals surface area (Å²) in [5.74, 6) is 0.422. The minimum absolute atomic E-state index is 0.0561. The van der Waals surface area contributed by atoms with Gasteiger partial charge in [0, 0.05) is 44.1 Å². The van der Waals surface area contributed by atoms with Gasteiger partial charge < -0.3 is 14.7 Å². The number of nitrogens with zero attached hydrogens (tertiary/aromatic N) is 6. The highest BCUT2D eigenvalue weighted by Gasteiger charge is 2.33. The zero-order valence-corrected chi connectivity index (χ0v) is 17.5. The van der Waals surface area contributed by atoms with Gasteiger partial charge in [-0.2, -0.15) is 0 Å². The van der Waals surface area contributed by atoms with E-state index in [-0.39, 0.29) is 16.4 Å². The topological polar surface area (TPSA) is 78.6 Å². The summed E-state index contributed by atoms with van der Waals surface area (Å²) in [6.07, 6.45) is 3.27. The maximum absolute atomic E-state index is 13.2. The molecule has 2 aromatic carbocycles. The lowest BCUT2D eigenvalue weighted by atomic mass is 10.0. The maximum Gasteiger partial charge on any atom is 0.353 e. The molecule has 0 radical (unpaired) electrons. The molecule has 1 aromatic heterocycles. The van der Waals surface area contributed by atoms with Crippen LogP contribution < -0.4 is 14.7 Å². The van der Waals surface area contributed by atoms with Crippen molar-refractivity contribution in [3.05, 3.63) is 76.4 Å². The van der Waals surface area contributed by atoms with Crippen molar-refractivity contribution in [2.75, 3.05) is 47.4 Å². The third-order valence-electron chi connectivity index (χ3n) is 6.10. The molecule has 8 nitrogen and oxygen atoms in total. The van der Waals surface area contributed by atoms with Gasteiger partial charge in [-0.05, 0) is 48.7 Å². The molecular formula is C23H23FN6O2. The van der Waals surface area contributed by atoms with Crippen LogP contribution in [0.25, 0.3) is 0 Å². The van der Waals surface area contributed by atoms with Gasteiger partial charge in [-0.25, -0.2) is 14.4 Å². The van der Waals surface area contributed by atoms with E-state index in [1.807, 2.05) is 28.0 Å². The number of halogens is 1. The van der Waals surface area contributed by atoms with Gasteiger partial charge in [0.05, 0.1) is 4.92 Å². The van der Waals surface area contributed by atoms with E-state index in [0.29, 0.717) is 44.4 Å². The summed E-state index contributed by atoms with van der Waals surface area (Å²) in [6.45, 7) is 3.15. The molecule has 3 heterocycles. The summed E-state index contributed by atoms with van der Waals surface area (Å²) >= 11 is 0. The highest BCUT2D eigenvalue weighted by atomic mass is 19.1. The lowest BCUT2D eigenvalue weighted by molar-refractivity contribution is -0.383. The number of rotatable bonds is 4. The molecule has 32 heavy (non-hydrogen) atoms. The van der Waals surface area contributed by atoms with Crippen LogP contribution in [-0.2, 0) is 6.42 Å². The van der Waals surface area contributed by atoms with Crippen LogP contribution in [0.1, 0.15) is 12.0 Å². The quantitative estimate of drug-likeness (QED) is 0.455. The summed E-state index contributed by atoms with van der Waals surface area (Å²) < 4.78 is 13.2. The van der Waals surface area contributed by atoms with Gasteiger partial charge in [0.1, 0.15) is 12.1 Å². The predicted molar refractivity (Wildman–Crippen MR) is 121 cm³/mol. The van der Waals surface area contributed by atoms with Gasteiger partial charge in [0.2, 0.25) is 11.6 Å². The Labute approximate surface area is 185 Å². The molecule has 0 atom stereocenters. The number of fused-ring (bicyclic) bond motifs is 1. The minimum atomic E-state index is -0.367. The fourth-order valence-electron chi connectivity index (χ4n) is 4.53. The molecular weight excluding hydrogens is 411 g/mol. The van der Waals surface area contributed by atoms with Crippen LogP contribution in [0.3, 0.4) is 0 Å². The smallest absolute Gasteiger partial charge is 0.353 e. The van der Waals surface area contributed by atoms with Crippen LogP contribution in [0.5, 0.6) is 0 Å². The van der Waals surface area contributed by atoms with Crippen LogP contribution in [0, 0.1) is 15.9 Å². The number of anilines is 4. The van der Waals surface area contributed by atoms with Crippen LogP contribution in [-0.4, -0.2) is 47.6 Å². The molecule has 3 aromatic rings. The Morgan fingerprint density at radius 3 is 2.31 bits per heavy atom. The fraction of sp³-hybridized carbons (Fsp3) is 0.304. The van der Waals surface area contributed by atoms with Crippen LogP contribution in [0.4, 0.5) is 33.1 Å². The number of nitro groups is 1. The first-order valence-electron chi connectivity index (χ1n) is 10.7. The number of benzene rings is 2. The molecule has 9 heteroatoms. The second kappa shape index (κ2) is 8.41. The lowest BCUT2D eigenvalue weighted by Gasteiger charge is -2.37. The largest absolute Gasteiger partial charge is 0.368 e. The summed E-state index contributed by atoms with van der Waals surface area (Å²) in [5, 5.41) is 12.2. The van der Waals surface area contributed by atoms with Crippen molar-refractivity contribution in [3.8, 4) is 0 Å². The molecule has 0 unspecified atom stereocenters. The predicted octanol–water partition coefficient (Wildman–Crippen LogP) is 3.93. The van der Waals surface area contributed by atoms with Crippen molar-refractivity contribution in [3.63, 3.8) is 0 Å². The van der Waals surface area contributed by atoms with E-state index in [4.69, 9.17) is 0 Å². The third-order valence-corrected chi connectivity index (χ3v) is 6.10. The summed E-state index contributed by atoms with van der Waals surface area (Å²) in [7, 11) is 0. The zero-order chi connectivity index (χ0) is 22.1. The molecule has 1 fully saturated rings. The van der Waals surface area contributed by atoms with Crippen molar-refractivity contribution >= 4 is 28.7 Å². The number of hydrogen-bond acceptors (Lipinski definition) is 7. The van der Waals surface area contributed by atoms with E-state index in [2.05, 4.69) is 20.9 Å². The molecule has 0 N–H and O–H groups in total. The first kappa shape index (κ1) is 20.2. The van der Waals surface area contributed by atoms with E-state index in [1.165, 1.54) is 24.0 Å². The molecule has 5 rings (SSSR count). The number of aryl methyl sites for hydroxylation is 1. The molecule has 0 saturated carbocycles. The Hall–Kier alpha value is -3.75. The van der Waals surface area contributed by atoms with Gasteiger partial charge in [0.15, 0.2) is 0 Å². The van der Waals surface area contributed by atoms with Crippen molar-refractivity contribution < 1.29 is 9.31 Å². The van der Waals surface area contributed by atoms with Gasteiger partial charge in [-0.3, -0.25) is 10.1 Å². The number of hydrogen-bond donors (Lipinski definition) is 0. The molecule has 2 aliphatic heterocycles. The fourth-order valence-corrected chi connectivity index (χ4v) is 4.53. The minimum Gasteiger partial charge on any atom is -0.368 e. The average molecular weight is 434 g/mol. The zero-order valence-electron chi connectivity index (χ0n) is 17.5. The van der Waals surface area contributed by atoms with E-state index < -0.39 is 0 Å². The number of para-hydroxylation sites is 1. The van der Waals surface area contributed by atoms with Crippen molar-refractivity contribution in [1.82, 2.24) is 9.97 Å². The van der Waals surface area contributed by atoms with Gasteiger partial charge in [-0.1, -0.05) is 18.2 Å². The second-order valence-corrected chi connectivity index (χ2v) is 7.96. The molecule has 0 spiro atoms. The Morgan fingerprint density at radius 2 is 1.56 bits per heavy atom. The third kappa shape index (κ3) is 3.70. The van der Waals surface area contributed by atoms with E-state index >= 15 is 0 Å². The van der Waals surface area contributed by atoms with Crippen LogP contribution in [0.2, 0.25) is 0 Å². The highest BCUT2D eigenvalue weighted by molar-refractivity contribution is 5.78. The van der Waals surface area contributed by atoms with E-state index in [1.54, 1.807) is 12.1 Å². The Kier molecular flexibility index (Phi) is 5.30. The Bertz CT molecular complexity index is 1130. The van der Waals surface area contributed by atoms with Crippen LogP contribution >= 0.6 is 0 Å². The van der Waals surface area contributed by atoms with Gasteiger partial charge >= 0.3 is 5.69 Å². The molecule has 0 aliphatic carbocycles. The molecule has 0 amide bonds. The lowest BCUT2D eigenvalue weighted by Crippen LogP contribution is -2.47. The van der Waals surface area contributed by atoms with Gasteiger partial charge in [0.25, 0.3) is 0 Å². The van der Waals surface area contributed by atoms with Crippen LogP contribution in [0.15, 0.2) is 54.9 Å². The monoisotopic (exact) mass is 434 g/mol. The summed E-state index contributed by atoms with van der Waals surface area (Å²) in [5.41, 5.74) is 3.02. The summed E-state index contributed by atoms with van der Waals surface area (Å²) in [4.78, 5) is 26.5. The van der Waals surface area contributed by atoms with Crippen molar-refractivity contribution in [2.24, 2.45) is 0 Å². The average Bonchev–Trinajstić information content (AvgIpc) is 2.84. The SMILES string of the molecule is O=[N+]([O-])c1c(N2CCN(c3ccc(F)cc3)CC2)ncnc1N1CCCc2ccccc21. The van der Waals surface area contributed by atoms with E-state index in [0.717, 1.165) is 24.2 Å².